The second-order valence-corrected chi connectivity index (χ2v) is 8.76. The Labute approximate surface area is 206 Å². The van der Waals surface area contributed by atoms with Gasteiger partial charge in [-0.15, -0.1) is 0 Å². The molecule has 0 aliphatic rings. The highest BCUT2D eigenvalue weighted by Crippen LogP contribution is 2.30. The second-order valence-electron chi connectivity index (χ2n) is 7.31. The summed E-state index contributed by atoms with van der Waals surface area (Å²) >= 11 is 17.2. The summed E-state index contributed by atoms with van der Waals surface area (Å²) in [5, 5.41) is 4.88. The lowest BCUT2D eigenvalue weighted by Crippen LogP contribution is -2.04. The second kappa shape index (κ2) is 14.3. The van der Waals surface area contributed by atoms with Crippen LogP contribution in [0, 0.1) is 6.92 Å². The molecule has 174 valence electrons. The number of oxime groups is 1. The minimum Gasteiger partial charge on any atom is -0.493 e. The number of hydrogen-bond donors (Lipinski definition) is 0. The number of benzene rings is 2. The van der Waals surface area contributed by atoms with Crippen molar-refractivity contribution in [2.75, 3.05) is 19.8 Å². The van der Waals surface area contributed by atoms with Crippen molar-refractivity contribution in [3.63, 3.8) is 0 Å². The quantitative estimate of drug-likeness (QED) is 0.160. The van der Waals surface area contributed by atoms with Crippen molar-refractivity contribution in [2.24, 2.45) is 5.16 Å². The van der Waals surface area contributed by atoms with Crippen LogP contribution in [0.1, 0.15) is 49.8 Å². The molecule has 0 heterocycles. The molecule has 2 rings (SSSR count). The predicted molar refractivity (Wildman–Crippen MR) is 135 cm³/mol. The van der Waals surface area contributed by atoms with E-state index in [0.29, 0.717) is 24.8 Å². The van der Waals surface area contributed by atoms with Gasteiger partial charge in [0, 0.05) is 5.02 Å². The molecule has 0 saturated heterocycles. The van der Waals surface area contributed by atoms with Crippen molar-refractivity contribution in [2.45, 2.75) is 46.5 Å². The zero-order valence-corrected chi connectivity index (χ0v) is 21.1. The number of hydrogen-bond acceptors (Lipinski definition) is 4. The van der Waals surface area contributed by atoms with E-state index >= 15 is 0 Å². The van der Waals surface area contributed by atoms with E-state index < -0.39 is 0 Å². The fraction of sp³-hybridized carbons (Fsp3) is 0.400. The first-order chi connectivity index (χ1) is 15.4. The smallest absolute Gasteiger partial charge is 0.125 e. The summed E-state index contributed by atoms with van der Waals surface area (Å²) in [5.74, 6) is 1.72. The zero-order valence-electron chi connectivity index (χ0n) is 18.8. The molecule has 2 aromatic rings. The molecule has 4 nitrogen and oxygen atoms in total. The van der Waals surface area contributed by atoms with Gasteiger partial charge in [0.05, 0.1) is 12.3 Å². The summed E-state index contributed by atoms with van der Waals surface area (Å²) in [6.07, 6.45) is 5.34. The van der Waals surface area contributed by atoms with E-state index in [1.165, 1.54) is 0 Å². The molecule has 7 heteroatoms. The molecule has 0 N–H and O–H groups in total. The lowest BCUT2D eigenvalue weighted by Gasteiger charge is -2.15. The average molecular weight is 499 g/mol. The van der Waals surface area contributed by atoms with Gasteiger partial charge in [-0.3, -0.25) is 0 Å². The summed E-state index contributed by atoms with van der Waals surface area (Å²) in [7, 11) is 0. The van der Waals surface area contributed by atoms with E-state index in [9.17, 15) is 0 Å². The van der Waals surface area contributed by atoms with Crippen LogP contribution in [0.4, 0.5) is 0 Å². The third kappa shape index (κ3) is 9.32. The summed E-state index contributed by atoms with van der Waals surface area (Å²) in [5.41, 5.74) is 4.01. The number of nitrogens with zero attached hydrogens (tertiary/aromatic N) is 1. The minimum atomic E-state index is 0.200. The van der Waals surface area contributed by atoms with Crippen LogP contribution in [0.3, 0.4) is 0 Å². The van der Waals surface area contributed by atoms with E-state index in [-0.39, 0.29) is 4.49 Å². The van der Waals surface area contributed by atoms with Gasteiger partial charge < -0.3 is 14.3 Å². The molecule has 0 aliphatic carbocycles. The van der Waals surface area contributed by atoms with Gasteiger partial charge in [-0.2, -0.15) is 0 Å². The van der Waals surface area contributed by atoms with E-state index in [1.54, 1.807) is 6.08 Å². The van der Waals surface area contributed by atoms with E-state index in [2.05, 4.69) is 12.1 Å². The number of rotatable bonds is 13. The monoisotopic (exact) mass is 497 g/mol. The minimum absolute atomic E-state index is 0.200. The Balaban J connectivity index is 1.71. The van der Waals surface area contributed by atoms with Gasteiger partial charge in [0.2, 0.25) is 0 Å². The van der Waals surface area contributed by atoms with Gasteiger partial charge in [0.15, 0.2) is 0 Å². The number of ether oxygens (including phenoxy) is 2. The van der Waals surface area contributed by atoms with Crippen molar-refractivity contribution in [1.82, 2.24) is 0 Å². The van der Waals surface area contributed by atoms with Gasteiger partial charge >= 0.3 is 0 Å². The van der Waals surface area contributed by atoms with Crippen molar-refractivity contribution in [1.29, 1.82) is 0 Å². The first-order valence-electron chi connectivity index (χ1n) is 10.7. The Morgan fingerprint density at radius 1 is 1.00 bits per heavy atom. The Bertz CT molecular complexity index is 907. The van der Waals surface area contributed by atoms with Gasteiger partial charge in [-0.05, 0) is 86.6 Å². The maximum Gasteiger partial charge on any atom is 0.125 e. The SMILES string of the molecule is CCc1cc(OCC=C(Cl)Cl)cc(C)c1OCCCCCON=C(C)c1ccc(Cl)cc1. The van der Waals surface area contributed by atoms with E-state index in [4.69, 9.17) is 49.1 Å². The fourth-order valence-electron chi connectivity index (χ4n) is 3.07. The number of unbranched alkanes of at least 4 members (excludes halogenated alkanes) is 2. The number of halogens is 3. The number of aryl methyl sites for hydroxylation is 2. The van der Waals surface area contributed by atoms with E-state index in [0.717, 1.165) is 59.6 Å². The Morgan fingerprint density at radius 3 is 2.41 bits per heavy atom. The Kier molecular flexibility index (Phi) is 11.8. The molecule has 0 radical (unpaired) electrons. The molecular weight excluding hydrogens is 469 g/mol. The topological polar surface area (TPSA) is 40.0 Å². The maximum atomic E-state index is 6.08. The third-order valence-corrected chi connectivity index (χ3v) is 5.34. The van der Waals surface area contributed by atoms with Crippen molar-refractivity contribution >= 4 is 40.5 Å². The van der Waals surface area contributed by atoms with Gasteiger partial charge in [0.1, 0.15) is 29.2 Å². The van der Waals surface area contributed by atoms with Crippen LogP contribution in [0.2, 0.25) is 5.02 Å². The van der Waals surface area contributed by atoms with Crippen LogP contribution >= 0.6 is 34.8 Å². The summed E-state index contributed by atoms with van der Waals surface area (Å²) < 4.78 is 12.0. The molecular formula is C25H30Cl3NO3. The van der Waals surface area contributed by atoms with Crippen LogP contribution in [0.5, 0.6) is 11.5 Å². The summed E-state index contributed by atoms with van der Waals surface area (Å²) in [4.78, 5) is 5.44. The van der Waals surface area contributed by atoms with Gasteiger partial charge in [-0.25, -0.2) is 0 Å². The zero-order chi connectivity index (χ0) is 23.3. The molecule has 0 atom stereocenters. The lowest BCUT2D eigenvalue weighted by atomic mass is 10.1. The first-order valence-corrected chi connectivity index (χ1v) is 11.9. The average Bonchev–Trinajstić information content (AvgIpc) is 2.76. The largest absolute Gasteiger partial charge is 0.493 e. The molecule has 0 amide bonds. The van der Waals surface area contributed by atoms with Gasteiger partial charge in [0.25, 0.3) is 0 Å². The van der Waals surface area contributed by atoms with Crippen molar-refractivity contribution in [3.05, 3.63) is 68.7 Å². The molecule has 0 aromatic heterocycles. The van der Waals surface area contributed by atoms with Crippen molar-refractivity contribution < 1.29 is 14.3 Å². The molecule has 0 spiro atoms. The normalized spacial score (nSPS) is 11.2. The maximum absolute atomic E-state index is 6.08. The summed E-state index contributed by atoms with van der Waals surface area (Å²) in [6.45, 7) is 7.62. The summed E-state index contributed by atoms with van der Waals surface area (Å²) in [6, 6.07) is 11.5. The molecule has 0 aliphatic heterocycles. The first kappa shape index (κ1) is 26.4. The lowest BCUT2D eigenvalue weighted by molar-refractivity contribution is 0.138. The molecule has 2 aromatic carbocycles. The molecule has 32 heavy (non-hydrogen) atoms. The Hall–Kier alpha value is -1.88. The fourth-order valence-corrected chi connectivity index (χ4v) is 3.32. The third-order valence-electron chi connectivity index (χ3n) is 4.78. The highest BCUT2D eigenvalue weighted by atomic mass is 35.5. The Morgan fingerprint density at radius 2 is 1.72 bits per heavy atom. The highest BCUT2D eigenvalue weighted by molar-refractivity contribution is 6.55. The van der Waals surface area contributed by atoms with Crippen molar-refractivity contribution in [3.8, 4) is 11.5 Å². The van der Waals surface area contributed by atoms with E-state index in [1.807, 2.05) is 50.2 Å². The molecule has 0 bridgehead atoms. The van der Waals surface area contributed by atoms with Crippen LogP contribution in [-0.2, 0) is 11.3 Å². The highest BCUT2D eigenvalue weighted by Gasteiger charge is 2.09. The van der Waals surface area contributed by atoms with Crippen LogP contribution in [0.25, 0.3) is 0 Å². The molecule has 0 saturated carbocycles. The predicted octanol–water partition coefficient (Wildman–Crippen LogP) is 7.90. The van der Waals surface area contributed by atoms with Crippen LogP contribution in [0.15, 0.2) is 52.1 Å². The standard InChI is InChI=1S/C25H30Cl3NO3/c1-4-20-17-23(30-15-12-24(27)28)16-18(2)25(20)31-13-6-5-7-14-32-29-19(3)21-8-10-22(26)11-9-21/h8-12,16-17H,4-7,13-15H2,1-3H3. The van der Waals surface area contributed by atoms with Crippen LogP contribution < -0.4 is 9.47 Å². The molecule has 0 unspecified atom stereocenters. The van der Waals surface area contributed by atoms with Gasteiger partial charge in [-0.1, -0.05) is 59.0 Å². The molecule has 0 fully saturated rings. The van der Waals surface area contributed by atoms with Crippen LogP contribution in [-0.4, -0.2) is 25.5 Å².